The molecule has 0 amide bonds. The van der Waals surface area contributed by atoms with Gasteiger partial charge in [-0.3, -0.25) is 28.6 Å². The molecule has 11 nitrogen and oxygen atoms in total. The molecule has 0 atom stereocenters. The van der Waals surface area contributed by atoms with Crippen LogP contribution in [0.1, 0.15) is 18.1 Å². The Kier molecular flexibility index (Phi) is 5.61. The van der Waals surface area contributed by atoms with Crippen LogP contribution in [0.4, 0.5) is 11.6 Å². The zero-order chi connectivity index (χ0) is 23.7. The zero-order valence-corrected chi connectivity index (χ0v) is 18.2. The molecule has 0 fully saturated rings. The highest BCUT2D eigenvalue weighted by Crippen LogP contribution is 2.19. The summed E-state index contributed by atoms with van der Waals surface area (Å²) in [6.07, 6.45) is 0. The fraction of sp³-hybridized carbons (Fsp3) is 0.182. The number of hydrazone groups is 1. The van der Waals surface area contributed by atoms with E-state index < -0.39 is 16.2 Å². The van der Waals surface area contributed by atoms with Crippen LogP contribution < -0.4 is 16.7 Å². The third kappa shape index (κ3) is 4.03. The molecule has 11 heteroatoms. The van der Waals surface area contributed by atoms with E-state index in [1.807, 2.05) is 30.3 Å². The summed E-state index contributed by atoms with van der Waals surface area (Å²) in [6.45, 7) is 2.08. The monoisotopic (exact) mass is 447 g/mol. The lowest BCUT2D eigenvalue weighted by molar-refractivity contribution is -0.384. The lowest BCUT2D eigenvalue weighted by Gasteiger charge is -2.10. The molecular weight excluding hydrogens is 426 g/mol. The first-order chi connectivity index (χ1) is 15.8. The number of nitrogens with one attached hydrogen (secondary N) is 1. The Labute approximate surface area is 187 Å². The smallest absolute Gasteiger partial charge is 0.298 e. The van der Waals surface area contributed by atoms with Gasteiger partial charge in [0.05, 0.1) is 17.2 Å². The van der Waals surface area contributed by atoms with Gasteiger partial charge in [0.1, 0.15) is 0 Å². The minimum absolute atomic E-state index is 0.0130. The quantitative estimate of drug-likeness (QED) is 0.274. The van der Waals surface area contributed by atoms with E-state index in [0.29, 0.717) is 17.8 Å². The van der Waals surface area contributed by atoms with Crippen molar-refractivity contribution in [3.05, 3.63) is 96.7 Å². The maximum Gasteiger partial charge on any atom is 0.332 e. The van der Waals surface area contributed by atoms with Gasteiger partial charge in [-0.2, -0.15) is 10.1 Å². The maximum atomic E-state index is 12.9. The molecule has 2 heterocycles. The summed E-state index contributed by atoms with van der Waals surface area (Å²) in [6, 6.07) is 15.5. The summed E-state index contributed by atoms with van der Waals surface area (Å²) >= 11 is 0. The molecule has 0 aliphatic carbocycles. The van der Waals surface area contributed by atoms with Crippen LogP contribution in [-0.2, 0) is 20.6 Å². The third-order valence-electron chi connectivity index (χ3n) is 5.35. The number of fused-ring (bicyclic) bond motifs is 1. The minimum Gasteiger partial charge on any atom is -0.298 e. The minimum atomic E-state index is -0.478. The van der Waals surface area contributed by atoms with E-state index in [1.54, 1.807) is 30.7 Å². The number of non-ortho nitro benzene ring substituents is 1. The summed E-state index contributed by atoms with van der Waals surface area (Å²) in [5.74, 6) is 0.286. The Bertz CT molecular complexity index is 1500. The van der Waals surface area contributed by atoms with Crippen LogP contribution in [0.15, 0.2) is 69.3 Å². The van der Waals surface area contributed by atoms with Crippen molar-refractivity contribution in [2.75, 3.05) is 5.43 Å². The number of aryl methyl sites for hydroxylation is 1. The molecule has 2 aromatic carbocycles. The first-order valence-corrected chi connectivity index (χ1v) is 10.0. The van der Waals surface area contributed by atoms with Gasteiger partial charge in [-0.1, -0.05) is 30.3 Å². The van der Waals surface area contributed by atoms with Gasteiger partial charge < -0.3 is 0 Å². The molecule has 33 heavy (non-hydrogen) atoms. The molecule has 0 spiro atoms. The number of nitro benzene ring substituents is 1. The average Bonchev–Trinajstić information content (AvgIpc) is 3.18. The van der Waals surface area contributed by atoms with Gasteiger partial charge in [0.2, 0.25) is 5.95 Å². The predicted octanol–water partition coefficient (Wildman–Crippen LogP) is 2.23. The molecule has 0 aliphatic rings. The van der Waals surface area contributed by atoms with Gasteiger partial charge in [-0.05, 0) is 30.2 Å². The predicted molar refractivity (Wildman–Crippen MR) is 125 cm³/mol. The van der Waals surface area contributed by atoms with Gasteiger partial charge in [-0.25, -0.2) is 10.2 Å². The van der Waals surface area contributed by atoms with Crippen molar-refractivity contribution < 1.29 is 4.92 Å². The van der Waals surface area contributed by atoms with Gasteiger partial charge in [0.25, 0.3) is 11.2 Å². The standard InChI is InChI=1S/C22H21N7O4/c1-14(16-9-11-17(12-10-16)29(32)33)24-25-21-23-19-18(20(30)27(3)22(31)26(19)2)28(21)13-15-7-5-4-6-8-15/h4-12H,13H2,1-3H3,(H,23,25). The van der Waals surface area contributed by atoms with E-state index in [9.17, 15) is 19.7 Å². The van der Waals surface area contributed by atoms with E-state index in [1.165, 1.54) is 23.7 Å². The van der Waals surface area contributed by atoms with Crippen molar-refractivity contribution in [2.45, 2.75) is 13.5 Å². The van der Waals surface area contributed by atoms with E-state index in [2.05, 4.69) is 15.5 Å². The number of nitro groups is 1. The van der Waals surface area contributed by atoms with Gasteiger partial charge in [0, 0.05) is 26.2 Å². The number of aromatic nitrogens is 4. The highest BCUT2D eigenvalue weighted by Gasteiger charge is 2.19. The normalized spacial score (nSPS) is 11.7. The largest absolute Gasteiger partial charge is 0.332 e. The maximum absolute atomic E-state index is 12.9. The van der Waals surface area contributed by atoms with Gasteiger partial charge in [0.15, 0.2) is 11.2 Å². The third-order valence-corrected chi connectivity index (χ3v) is 5.35. The van der Waals surface area contributed by atoms with Crippen LogP contribution >= 0.6 is 0 Å². The number of hydrogen-bond acceptors (Lipinski definition) is 7. The zero-order valence-electron chi connectivity index (χ0n) is 18.2. The summed E-state index contributed by atoms with van der Waals surface area (Å²) in [5, 5.41) is 15.2. The topological polar surface area (TPSA) is 129 Å². The highest BCUT2D eigenvalue weighted by atomic mass is 16.6. The van der Waals surface area contributed by atoms with Crippen LogP contribution in [-0.4, -0.2) is 29.3 Å². The molecule has 0 saturated carbocycles. The van der Waals surface area contributed by atoms with Gasteiger partial charge >= 0.3 is 5.69 Å². The number of benzene rings is 2. The van der Waals surface area contributed by atoms with Crippen LogP contribution in [0.5, 0.6) is 0 Å². The SMILES string of the molecule is CC(=NNc1nc2c(c(=O)n(C)c(=O)n2C)n1Cc1ccccc1)c1ccc([N+](=O)[O-])cc1. The van der Waals surface area contributed by atoms with Crippen LogP contribution in [0.2, 0.25) is 0 Å². The molecule has 0 radical (unpaired) electrons. The van der Waals surface area contributed by atoms with E-state index in [0.717, 1.165) is 10.1 Å². The molecular formula is C22H21N7O4. The second-order valence-electron chi connectivity index (χ2n) is 7.50. The number of anilines is 1. The van der Waals surface area contributed by atoms with E-state index in [-0.39, 0.29) is 22.8 Å². The van der Waals surface area contributed by atoms with Crippen molar-refractivity contribution in [2.24, 2.45) is 19.2 Å². The Hall–Kier alpha value is -4.54. The number of hydrogen-bond donors (Lipinski definition) is 1. The van der Waals surface area contributed by atoms with Crippen molar-refractivity contribution in [3.8, 4) is 0 Å². The van der Waals surface area contributed by atoms with Crippen molar-refractivity contribution >= 4 is 28.5 Å². The van der Waals surface area contributed by atoms with E-state index in [4.69, 9.17) is 0 Å². The Morgan fingerprint density at radius 1 is 1.06 bits per heavy atom. The van der Waals surface area contributed by atoms with Crippen molar-refractivity contribution in [1.82, 2.24) is 18.7 Å². The summed E-state index contributed by atoms with van der Waals surface area (Å²) in [4.78, 5) is 40.2. The molecule has 1 N–H and O–H groups in total. The van der Waals surface area contributed by atoms with Crippen molar-refractivity contribution in [3.63, 3.8) is 0 Å². The fourth-order valence-corrected chi connectivity index (χ4v) is 3.47. The second kappa shape index (κ2) is 8.54. The first kappa shape index (κ1) is 21.7. The lowest BCUT2D eigenvalue weighted by atomic mass is 10.1. The second-order valence-corrected chi connectivity index (χ2v) is 7.50. The summed E-state index contributed by atoms with van der Waals surface area (Å²) in [7, 11) is 2.98. The Morgan fingerprint density at radius 3 is 2.36 bits per heavy atom. The summed E-state index contributed by atoms with van der Waals surface area (Å²) < 4.78 is 4.04. The number of nitrogens with zero attached hydrogens (tertiary/aromatic N) is 6. The van der Waals surface area contributed by atoms with Crippen molar-refractivity contribution in [1.29, 1.82) is 0 Å². The Morgan fingerprint density at radius 2 is 1.73 bits per heavy atom. The Balaban J connectivity index is 1.80. The molecule has 4 aromatic rings. The van der Waals surface area contributed by atoms with Crippen LogP contribution in [0, 0.1) is 10.1 Å². The summed E-state index contributed by atoms with van der Waals surface area (Å²) in [5.41, 5.74) is 4.64. The molecule has 0 bridgehead atoms. The molecule has 0 aliphatic heterocycles. The fourth-order valence-electron chi connectivity index (χ4n) is 3.47. The van der Waals surface area contributed by atoms with Crippen LogP contribution in [0.3, 0.4) is 0 Å². The average molecular weight is 447 g/mol. The molecule has 0 saturated heterocycles. The van der Waals surface area contributed by atoms with Crippen LogP contribution in [0.25, 0.3) is 11.2 Å². The number of imidazole rings is 1. The van der Waals surface area contributed by atoms with E-state index >= 15 is 0 Å². The lowest BCUT2D eigenvalue weighted by Crippen LogP contribution is -2.37. The molecule has 4 rings (SSSR count). The first-order valence-electron chi connectivity index (χ1n) is 10.0. The molecule has 0 unspecified atom stereocenters. The molecule has 168 valence electrons. The molecule has 2 aromatic heterocycles. The highest BCUT2D eigenvalue weighted by molar-refractivity contribution is 5.99. The van der Waals surface area contributed by atoms with Gasteiger partial charge in [-0.15, -0.1) is 0 Å². The number of rotatable bonds is 6.